The van der Waals surface area contributed by atoms with E-state index in [0.717, 1.165) is 4.47 Å². The van der Waals surface area contributed by atoms with Crippen molar-refractivity contribution in [1.82, 2.24) is 0 Å². The number of rotatable bonds is 1. The van der Waals surface area contributed by atoms with Crippen LogP contribution in [0.5, 0.6) is 0 Å². The quantitative estimate of drug-likeness (QED) is 0.683. The second kappa shape index (κ2) is 5.54. The van der Waals surface area contributed by atoms with E-state index < -0.39 is 0 Å². The molecule has 0 atom stereocenters. The van der Waals surface area contributed by atoms with Gasteiger partial charge in [0, 0.05) is 27.5 Å². The summed E-state index contributed by atoms with van der Waals surface area (Å²) < 4.78 is 1.12. The first-order chi connectivity index (χ1) is 6.36. The van der Waals surface area contributed by atoms with E-state index in [1.165, 1.54) is 11.1 Å². The molecule has 14 heavy (non-hydrogen) atoms. The minimum absolute atomic E-state index is 0. The topological polar surface area (TPSA) is 0 Å². The highest BCUT2D eigenvalue weighted by atomic mass is 79.9. The third kappa shape index (κ3) is 2.84. The van der Waals surface area contributed by atoms with Crippen LogP contribution in [0.4, 0.5) is 0 Å². The average Bonchev–Trinajstić information content (AvgIpc) is 2.20. The van der Waals surface area contributed by atoms with Gasteiger partial charge in [0.25, 0.3) is 0 Å². The van der Waals surface area contributed by atoms with Gasteiger partial charge in [-0.3, -0.25) is 0 Å². The van der Waals surface area contributed by atoms with Crippen molar-refractivity contribution in [3.8, 4) is 11.1 Å². The molecule has 2 aromatic carbocycles. The molecule has 0 saturated heterocycles. The van der Waals surface area contributed by atoms with Gasteiger partial charge in [0.1, 0.15) is 0 Å². The van der Waals surface area contributed by atoms with Crippen LogP contribution in [0, 0.1) is 0 Å². The Morgan fingerprint density at radius 1 is 0.643 bits per heavy atom. The second-order valence-corrected chi connectivity index (χ2v) is 3.79. The van der Waals surface area contributed by atoms with Gasteiger partial charge < -0.3 is 0 Å². The van der Waals surface area contributed by atoms with Crippen molar-refractivity contribution < 1.29 is 0 Å². The molecule has 2 rings (SSSR count). The molecule has 0 bridgehead atoms. The lowest BCUT2D eigenvalue weighted by Crippen LogP contribution is -1.75. The zero-order valence-electron chi connectivity index (χ0n) is 7.78. The predicted molar refractivity (Wildman–Crippen MR) is 65.3 cm³/mol. The van der Waals surface area contributed by atoms with Crippen LogP contribution in [-0.2, 0) is 0 Å². The van der Waals surface area contributed by atoms with Crippen LogP contribution in [0.25, 0.3) is 11.1 Å². The number of benzene rings is 2. The molecular formula is C12H9BrMg. The molecule has 0 unspecified atom stereocenters. The molecule has 0 nitrogen and oxygen atoms in total. The standard InChI is InChI=1S/C12H9Br.Mg/c13-12-8-6-11(7-9-12)10-4-2-1-3-5-10;/h1-9H;. The normalized spacial score (nSPS) is 9.21. The fourth-order valence-electron chi connectivity index (χ4n) is 1.27. The smallest absolute Gasteiger partial charge is 0.0175 e. The van der Waals surface area contributed by atoms with Gasteiger partial charge in [0.2, 0.25) is 0 Å². The molecule has 0 aliphatic carbocycles. The molecule has 0 spiro atoms. The van der Waals surface area contributed by atoms with Crippen molar-refractivity contribution in [3.63, 3.8) is 0 Å². The maximum Gasteiger partial charge on any atom is 0.0175 e. The predicted octanol–water partition coefficient (Wildman–Crippen LogP) is 3.74. The molecule has 66 valence electrons. The van der Waals surface area contributed by atoms with Crippen LogP contribution < -0.4 is 0 Å². The van der Waals surface area contributed by atoms with Crippen LogP contribution >= 0.6 is 15.9 Å². The van der Waals surface area contributed by atoms with Crippen molar-refractivity contribution in [1.29, 1.82) is 0 Å². The lowest BCUT2D eigenvalue weighted by molar-refractivity contribution is 1.59. The van der Waals surface area contributed by atoms with Crippen LogP contribution in [0.1, 0.15) is 0 Å². The van der Waals surface area contributed by atoms with E-state index >= 15 is 0 Å². The first-order valence-electron chi connectivity index (χ1n) is 4.17. The van der Waals surface area contributed by atoms with Crippen molar-refractivity contribution in [2.24, 2.45) is 0 Å². The van der Waals surface area contributed by atoms with Gasteiger partial charge in [-0.1, -0.05) is 58.4 Å². The van der Waals surface area contributed by atoms with Crippen LogP contribution in [0.2, 0.25) is 0 Å². The van der Waals surface area contributed by atoms with E-state index in [1.54, 1.807) is 0 Å². The summed E-state index contributed by atoms with van der Waals surface area (Å²) in [5.41, 5.74) is 2.51. The largest absolute Gasteiger partial charge is 0.0622 e. The Morgan fingerprint density at radius 3 is 1.71 bits per heavy atom. The summed E-state index contributed by atoms with van der Waals surface area (Å²) in [6.45, 7) is 0. The number of halogens is 1. The Balaban J connectivity index is 0.000000980. The zero-order valence-corrected chi connectivity index (χ0v) is 10.8. The molecule has 0 N–H and O–H groups in total. The van der Waals surface area contributed by atoms with Crippen LogP contribution in [-0.4, -0.2) is 23.1 Å². The Morgan fingerprint density at radius 2 is 1.14 bits per heavy atom. The zero-order chi connectivity index (χ0) is 9.10. The fraction of sp³-hybridized carbons (Fsp3) is 0. The monoisotopic (exact) mass is 256 g/mol. The van der Waals surface area contributed by atoms with Gasteiger partial charge in [-0.15, -0.1) is 0 Å². The van der Waals surface area contributed by atoms with Crippen molar-refractivity contribution >= 4 is 39.0 Å². The van der Waals surface area contributed by atoms with Gasteiger partial charge in [-0.2, -0.15) is 0 Å². The molecule has 0 heterocycles. The molecule has 0 fully saturated rings. The van der Waals surface area contributed by atoms with Crippen molar-refractivity contribution in [2.45, 2.75) is 0 Å². The summed E-state index contributed by atoms with van der Waals surface area (Å²) in [5, 5.41) is 0. The summed E-state index contributed by atoms with van der Waals surface area (Å²) in [6.07, 6.45) is 0. The molecular weight excluding hydrogens is 248 g/mol. The number of hydrogen-bond acceptors (Lipinski definition) is 0. The van der Waals surface area contributed by atoms with Gasteiger partial charge in [0.05, 0.1) is 0 Å². The summed E-state index contributed by atoms with van der Waals surface area (Å²) in [6, 6.07) is 18.7. The molecule has 2 heteroatoms. The van der Waals surface area contributed by atoms with Gasteiger partial charge in [0.15, 0.2) is 0 Å². The van der Waals surface area contributed by atoms with Gasteiger partial charge in [-0.05, 0) is 23.3 Å². The Hall–Kier alpha value is -0.314. The van der Waals surface area contributed by atoms with E-state index in [-0.39, 0.29) is 23.1 Å². The third-order valence-corrected chi connectivity index (χ3v) is 2.48. The maximum atomic E-state index is 3.42. The highest BCUT2D eigenvalue weighted by Crippen LogP contribution is 2.20. The summed E-state index contributed by atoms with van der Waals surface area (Å²) >= 11 is 3.42. The minimum Gasteiger partial charge on any atom is -0.0622 e. The Kier molecular flexibility index (Phi) is 4.65. The van der Waals surface area contributed by atoms with E-state index in [0.29, 0.717) is 0 Å². The molecule has 0 aromatic heterocycles. The highest BCUT2D eigenvalue weighted by Gasteiger charge is 1.94. The molecule has 2 aromatic rings. The van der Waals surface area contributed by atoms with Crippen molar-refractivity contribution in [2.75, 3.05) is 0 Å². The lowest BCUT2D eigenvalue weighted by Gasteiger charge is -2.00. The molecule has 0 aliphatic heterocycles. The first-order valence-corrected chi connectivity index (χ1v) is 4.96. The maximum absolute atomic E-state index is 3.42. The van der Waals surface area contributed by atoms with E-state index in [1.807, 2.05) is 6.07 Å². The minimum atomic E-state index is 0. The molecule has 2 radical (unpaired) electrons. The summed E-state index contributed by atoms with van der Waals surface area (Å²) in [4.78, 5) is 0. The summed E-state index contributed by atoms with van der Waals surface area (Å²) in [7, 11) is 0. The van der Waals surface area contributed by atoms with Gasteiger partial charge in [-0.25, -0.2) is 0 Å². The number of hydrogen-bond donors (Lipinski definition) is 0. The fourth-order valence-corrected chi connectivity index (χ4v) is 1.54. The molecule has 0 amide bonds. The molecule has 0 saturated carbocycles. The highest BCUT2D eigenvalue weighted by molar-refractivity contribution is 9.10. The SMILES string of the molecule is Brc1ccc(-c2ccccc2)cc1.[Mg]. The lowest BCUT2D eigenvalue weighted by atomic mass is 10.1. The average molecular weight is 257 g/mol. The first kappa shape index (κ1) is 11.8. The van der Waals surface area contributed by atoms with E-state index in [4.69, 9.17) is 0 Å². The summed E-state index contributed by atoms with van der Waals surface area (Å²) in [5.74, 6) is 0. The van der Waals surface area contributed by atoms with Gasteiger partial charge >= 0.3 is 0 Å². The van der Waals surface area contributed by atoms with E-state index in [9.17, 15) is 0 Å². The third-order valence-electron chi connectivity index (χ3n) is 1.95. The Labute approximate surface area is 109 Å². The van der Waals surface area contributed by atoms with Crippen LogP contribution in [0.3, 0.4) is 0 Å². The van der Waals surface area contributed by atoms with Crippen molar-refractivity contribution in [3.05, 3.63) is 59.1 Å². The Bertz CT molecular complexity index is 381. The van der Waals surface area contributed by atoms with Crippen LogP contribution in [0.15, 0.2) is 59.1 Å². The second-order valence-electron chi connectivity index (χ2n) is 2.87. The molecule has 0 aliphatic rings. The van der Waals surface area contributed by atoms with E-state index in [2.05, 4.69) is 64.5 Å².